The van der Waals surface area contributed by atoms with Crippen molar-refractivity contribution in [3.05, 3.63) is 0 Å². The van der Waals surface area contributed by atoms with Crippen molar-refractivity contribution in [1.29, 1.82) is 0 Å². The molecule has 1 unspecified atom stereocenters. The predicted octanol–water partition coefficient (Wildman–Crippen LogP) is 3.62. The van der Waals surface area contributed by atoms with Crippen LogP contribution in [0.5, 0.6) is 0 Å². The Hall–Kier alpha value is -0.220. The first-order valence-corrected chi connectivity index (χ1v) is 8.67. The van der Waals surface area contributed by atoms with Crippen molar-refractivity contribution in [1.82, 2.24) is 5.32 Å². The number of carbonyl (C=O) groups is 1. The maximum atomic E-state index is 11.9. The molecule has 0 rings (SSSR count). The SMILES string of the molecule is CCCCSCCCCC(C)(NCCC)C(=O)OC. The standard InChI is InChI=1S/C15H31NO2S/c1-5-7-12-19-13-9-8-10-15(3,14(17)18-4)16-11-6-2/h16H,5-13H2,1-4H3. The van der Waals surface area contributed by atoms with Gasteiger partial charge in [0.1, 0.15) is 5.54 Å². The molecule has 0 saturated heterocycles. The van der Waals surface area contributed by atoms with Gasteiger partial charge in [-0.05, 0) is 50.7 Å². The Balaban J connectivity index is 3.89. The van der Waals surface area contributed by atoms with Gasteiger partial charge in [-0.2, -0.15) is 11.8 Å². The van der Waals surface area contributed by atoms with Crippen LogP contribution in [0.4, 0.5) is 0 Å². The van der Waals surface area contributed by atoms with Crippen molar-refractivity contribution in [3.8, 4) is 0 Å². The van der Waals surface area contributed by atoms with Crippen molar-refractivity contribution in [2.45, 2.75) is 64.8 Å². The molecule has 0 aromatic heterocycles. The van der Waals surface area contributed by atoms with E-state index >= 15 is 0 Å². The fourth-order valence-corrected chi connectivity index (χ4v) is 3.03. The van der Waals surface area contributed by atoms with Gasteiger partial charge < -0.3 is 10.1 Å². The summed E-state index contributed by atoms with van der Waals surface area (Å²) in [7, 11) is 1.47. The Morgan fingerprint density at radius 3 is 2.42 bits per heavy atom. The van der Waals surface area contributed by atoms with Gasteiger partial charge in [0.05, 0.1) is 7.11 Å². The zero-order valence-electron chi connectivity index (χ0n) is 13.1. The molecule has 1 N–H and O–H groups in total. The summed E-state index contributed by atoms with van der Waals surface area (Å²) in [5.41, 5.74) is -0.515. The summed E-state index contributed by atoms with van der Waals surface area (Å²) in [6, 6.07) is 0. The van der Waals surface area contributed by atoms with Gasteiger partial charge in [0.15, 0.2) is 0 Å². The Labute approximate surface area is 123 Å². The third-order valence-corrected chi connectivity index (χ3v) is 4.41. The molecule has 0 radical (unpaired) electrons. The van der Waals surface area contributed by atoms with Gasteiger partial charge in [0.2, 0.25) is 0 Å². The van der Waals surface area contributed by atoms with Crippen LogP contribution >= 0.6 is 11.8 Å². The molecule has 0 fully saturated rings. The van der Waals surface area contributed by atoms with Gasteiger partial charge in [-0.1, -0.05) is 26.7 Å². The molecule has 0 bridgehead atoms. The molecule has 0 spiro atoms. The van der Waals surface area contributed by atoms with Gasteiger partial charge in [0.25, 0.3) is 0 Å². The lowest BCUT2D eigenvalue weighted by molar-refractivity contribution is -0.148. The average molecular weight is 289 g/mol. The highest BCUT2D eigenvalue weighted by Crippen LogP contribution is 2.17. The number of rotatable bonds is 12. The van der Waals surface area contributed by atoms with Crippen molar-refractivity contribution in [3.63, 3.8) is 0 Å². The topological polar surface area (TPSA) is 38.3 Å². The number of methoxy groups -OCH3 is 1. The zero-order chi connectivity index (χ0) is 14.6. The number of hydrogen-bond donors (Lipinski definition) is 1. The minimum atomic E-state index is -0.515. The second kappa shape index (κ2) is 11.6. The van der Waals surface area contributed by atoms with Crippen molar-refractivity contribution < 1.29 is 9.53 Å². The molecule has 0 amide bonds. The number of unbranched alkanes of at least 4 members (excludes halogenated alkanes) is 2. The second-order valence-electron chi connectivity index (χ2n) is 5.17. The van der Waals surface area contributed by atoms with E-state index in [1.54, 1.807) is 0 Å². The average Bonchev–Trinajstić information content (AvgIpc) is 2.43. The molecule has 0 saturated carbocycles. The van der Waals surface area contributed by atoms with Gasteiger partial charge in [-0.3, -0.25) is 4.79 Å². The second-order valence-corrected chi connectivity index (χ2v) is 6.40. The zero-order valence-corrected chi connectivity index (χ0v) is 13.9. The first-order valence-electron chi connectivity index (χ1n) is 7.52. The summed E-state index contributed by atoms with van der Waals surface area (Å²) in [5.74, 6) is 2.32. The number of ether oxygens (including phenoxy) is 1. The van der Waals surface area contributed by atoms with Crippen LogP contribution in [-0.2, 0) is 9.53 Å². The van der Waals surface area contributed by atoms with Crippen molar-refractivity contribution >= 4 is 17.7 Å². The third kappa shape index (κ3) is 8.53. The smallest absolute Gasteiger partial charge is 0.325 e. The van der Waals surface area contributed by atoms with E-state index in [4.69, 9.17) is 4.74 Å². The largest absolute Gasteiger partial charge is 0.468 e. The van der Waals surface area contributed by atoms with E-state index in [2.05, 4.69) is 19.2 Å². The lowest BCUT2D eigenvalue weighted by atomic mass is 9.95. The highest BCUT2D eigenvalue weighted by molar-refractivity contribution is 7.99. The number of nitrogens with one attached hydrogen (secondary N) is 1. The van der Waals surface area contributed by atoms with Crippen molar-refractivity contribution in [2.75, 3.05) is 25.2 Å². The number of carbonyl (C=O) groups excluding carboxylic acids is 1. The molecule has 0 aromatic carbocycles. The first kappa shape index (κ1) is 18.8. The first-order chi connectivity index (χ1) is 9.10. The van der Waals surface area contributed by atoms with Crippen LogP contribution in [0.15, 0.2) is 0 Å². The molecule has 4 heteroatoms. The molecule has 19 heavy (non-hydrogen) atoms. The summed E-state index contributed by atoms with van der Waals surface area (Å²) in [6.45, 7) is 7.15. The van der Waals surface area contributed by atoms with Crippen molar-refractivity contribution in [2.24, 2.45) is 0 Å². The van der Waals surface area contributed by atoms with Crippen LogP contribution in [0.3, 0.4) is 0 Å². The van der Waals surface area contributed by atoms with E-state index in [1.165, 1.54) is 37.9 Å². The fraction of sp³-hybridized carbons (Fsp3) is 0.933. The molecule has 0 aliphatic carbocycles. The summed E-state index contributed by atoms with van der Waals surface area (Å²) in [5, 5.41) is 3.33. The van der Waals surface area contributed by atoms with E-state index in [1.807, 2.05) is 18.7 Å². The highest BCUT2D eigenvalue weighted by atomic mass is 32.2. The normalized spacial score (nSPS) is 14.1. The summed E-state index contributed by atoms with van der Waals surface area (Å²) in [6.07, 6.45) is 6.71. The monoisotopic (exact) mass is 289 g/mol. The van der Waals surface area contributed by atoms with Crippen LogP contribution in [-0.4, -0.2) is 36.7 Å². The molecular formula is C15H31NO2S. The third-order valence-electron chi connectivity index (χ3n) is 3.26. The number of thioether (sulfide) groups is 1. The fourth-order valence-electron chi connectivity index (χ4n) is 1.92. The Kier molecular flexibility index (Phi) is 11.5. The summed E-state index contributed by atoms with van der Waals surface area (Å²) in [4.78, 5) is 11.9. The molecule has 3 nitrogen and oxygen atoms in total. The Bertz CT molecular complexity index is 236. The molecular weight excluding hydrogens is 258 g/mol. The van der Waals surface area contributed by atoms with Gasteiger partial charge >= 0.3 is 5.97 Å². The van der Waals surface area contributed by atoms with Crippen LogP contribution in [0, 0.1) is 0 Å². The maximum absolute atomic E-state index is 11.9. The summed E-state index contributed by atoms with van der Waals surface area (Å²) >= 11 is 2.02. The van der Waals surface area contributed by atoms with Gasteiger partial charge in [0, 0.05) is 0 Å². The van der Waals surface area contributed by atoms with E-state index in [-0.39, 0.29) is 5.97 Å². The maximum Gasteiger partial charge on any atom is 0.325 e. The predicted molar refractivity (Wildman–Crippen MR) is 84.8 cm³/mol. The number of esters is 1. The van der Waals surface area contributed by atoms with Crippen LogP contribution < -0.4 is 5.32 Å². The van der Waals surface area contributed by atoms with E-state index in [0.29, 0.717) is 0 Å². The van der Waals surface area contributed by atoms with Crippen LogP contribution in [0.25, 0.3) is 0 Å². The lowest BCUT2D eigenvalue weighted by Gasteiger charge is -2.28. The lowest BCUT2D eigenvalue weighted by Crippen LogP contribution is -2.50. The Morgan fingerprint density at radius 1 is 1.16 bits per heavy atom. The Morgan fingerprint density at radius 2 is 1.84 bits per heavy atom. The van der Waals surface area contributed by atoms with Gasteiger partial charge in [-0.25, -0.2) is 0 Å². The minimum absolute atomic E-state index is 0.139. The molecule has 0 aliphatic rings. The highest BCUT2D eigenvalue weighted by Gasteiger charge is 2.32. The van der Waals surface area contributed by atoms with Crippen LogP contribution in [0.1, 0.15) is 59.3 Å². The van der Waals surface area contributed by atoms with Gasteiger partial charge in [-0.15, -0.1) is 0 Å². The quantitative estimate of drug-likeness (QED) is 0.440. The van der Waals surface area contributed by atoms with E-state index in [0.717, 1.165) is 25.8 Å². The van der Waals surface area contributed by atoms with E-state index in [9.17, 15) is 4.79 Å². The summed E-state index contributed by atoms with van der Waals surface area (Å²) < 4.78 is 4.92. The molecule has 114 valence electrons. The molecule has 0 heterocycles. The van der Waals surface area contributed by atoms with E-state index < -0.39 is 5.54 Å². The molecule has 0 aromatic rings. The molecule has 0 aliphatic heterocycles. The van der Waals surface area contributed by atoms with Crippen LogP contribution in [0.2, 0.25) is 0 Å². The number of hydrogen-bond acceptors (Lipinski definition) is 4. The molecule has 1 atom stereocenters. The minimum Gasteiger partial charge on any atom is -0.468 e.